The number of anilines is 1. The van der Waals surface area contributed by atoms with Crippen LogP contribution in [0.2, 0.25) is 0 Å². The van der Waals surface area contributed by atoms with Gasteiger partial charge in [0.25, 0.3) is 5.91 Å². The highest BCUT2D eigenvalue weighted by Crippen LogP contribution is 2.35. The van der Waals surface area contributed by atoms with E-state index in [2.05, 4.69) is 57.3 Å². The summed E-state index contributed by atoms with van der Waals surface area (Å²) in [6, 6.07) is 15.0. The topological polar surface area (TPSA) is 160 Å². The minimum atomic E-state index is -0.681. The summed E-state index contributed by atoms with van der Waals surface area (Å²) in [5, 5.41) is 12.3. The summed E-state index contributed by atoms with van der Waals surface area (Å²) in [5.74, 6) is 7.03. The van der Waals surface area contributed by atoms with E-state index >= 15 is 0 Å². The number of fused-ring (bicyclic) bond motifs is 4. The van der Waals surface area contributed by atoms with Crippen LogP contribution < -0.4 is 10.6 Å². The number of hydrogen-bond donors (Lipinski definition) is 2. The average molecular weight is 747 g/mol. The highest BCUT2D eigenvalue weighted by molar-refractivity contribution is 6.05. The molecule has 0 spiro atoms. The summed E-state index contributed by atoms with van der Waals surface area (Å²) in [7, 11) is 1.87. The van der Waals surface area contributed by atoms with Crippen molar-refractivity contribution in [1.29, 1.82) is 0 Å². The fourth-order valence-electron chi connectivity index (χ4n) is 8.10. The van der Waals surface area contributed by atoms with Crippen molar-refractivity contribution in [2.75, 3.05) is 18.4 Å². The summed E-state index contributed by atoms with van der Waals surface area (Å²) in [6.45, 7) is 6.22. The molecule has 3 aliphatic heterocycles. The largest absolute Gasteiger partial charge is 0.356 e. The number of imidazole rings is 1. The Morgan fingerprint density at radius 1 is 1.02 bits per heavy atom. The number of pyridine rings is 2. The lowest BCUT2D eigenvalue weighted by Gasteiger charge is -2.29. The zero-order valence-corrected chi connectivity index (χ0v) is 31.2. The van der Waals surface area contributed by atoms with Gasteiger partial charge in [-0.3, -0.25) is 34.2 Å². The number of nitrogens with one attached hydrogen (secondary N) is 2. The summed E-state index contributed by atoms with van der Waals surface area (Å²) in [5.41, 5.74) is 8.11. The van der Waals surface area contributed by atoms with E-state index in [1.165, 1.54) is 4.90 Å². The second kappa shape index (κ2) is 13.8. The molecule has 0 radical (unpaired) electrons. The van der Waals surface area contributed by atoms with Gasteiger partial charge in [0.05, 0.1) is 35.7 Å². The number of aromatic nitrogens is 6. The third kappa shape index (κ3) is 5.92. The first kappa shape index (κ1) is 34.9. The molecule has 1 atom stereocenters. The number of benzene rings is 2. The summed E-state index contributed by atoms with van der Waals surface area (Å²) in [4.78, 5) is 67.7. The number of rotatable bonds is 6. The van der Waals surface area contributed by atoms with Crippen LogP contribution in [0.15, 0.2) is 60.9 Å². The first-order valence-corrected chi connectivity index (χ1v) is 18.7. The molecule has 3 aliphatic rings. The van der Waals surface area contributed by atoms with Gasteiger partial charge in [0.15, 0.2) is 5.82 Å². The van der Waals surface area contributed by atoms with E-state index < -0.39 is 11.9 Å². The van der Waals surface area contributed by atoms with Crippen LogP contribution in [-0.4, -0.2) is 81.9 Å². The van der Waals surface area contributed by atoms with Crippen molar-refractivity contribution >= 4 is 51.3 Å². The molecule has 1 saturated heterocycles. The lowest BCUT2D eigenvalue weighted by molar-refractivity contribution is -0.137. The van der Waals surface area contributed by atoms with Gasteiger partial charge in [-0.2, -0.15) is 5.10 Å². The molecule has 4 aromatic heterocycles. The normalized spacial score (nSPS) is 16.5. The Labute approximate surface area is 321 Å². The van der Waals surface area contributed by atoms with Crippen LogP contribution in [0.25, 0.3) is 44.3 Å². The Kier molecular flexibility index (Phi) is 8.57. The van der Waals surface area contributed by atoms with Crippen LogP contribution in [-0.2, 0) is 47.5 Å². The molecule has 0 aliphatic carbocycles. The molecule has 280 valence electrons. The molecule has 7 heterocycles. The van der Waals surface area contributed by atoms with Crippen molar-refractivity contribution in [3.63, 3.8) is 0 Å². The number of aryl methyl sites for hydroxylation is 2. The van der Waals surface area contributed by atoms with Gasteiger partial charge in [-0.05, 0) is 41.6 Å². The van der Waals surface area contributed by atoms with Gasteiger partial charge in [-0.15, -0.1) is 0 Å². The minimum Gasteiger partial charge on any atom is -0.356 e. The Bertz CT molecular complexity index is 2720. The first-order valence-electron chi connectivity index (χ1n) is 18.7. The predicted molar refractivity (Wildman–Crippen MR) is 209 cm³/mol. The maximum Gasteiger partial charge on any atom is 0.255 e. The zero-order chi connectivity index (χ0) is 38.7. The predicted octanol–water partition coefficient (Wildman–Crippen LogP) is 4.20. The van der Waals surface area contributed by atoms with Gasteiger partial charge in [0, 0.05) is 86.5 Å². The SMILES string of the molecule is CCc1nc(-c2cccc3cc(-c4cnc5c(NCC#Cc6cccc7c6CN(C6CCC(=O)NC6=O)C7=O)nn(C)c5c4)ncc23)c2n1CCN(C(C)=O)C2. The second-order valence-electron chi connectivity index (χ2n) is 14.3. The Balaban J connectivity index is 0.936. The molecule has 2 aromatic carbocycles. The average Bonchev–Trinajstić information content (AvgIpc) is 3.86. The van der Waals surface area contributed by atoms with Crippen molar-refractivity contribution in [3.8, 4) is 34.4 Å². The van der Waals surface area contributed by atoms with Gasteiger partial charge in [-0.25, -0.2) is 9.97 Å². The molecule has 4 amide bonds. The van der Waals surface area contributed by atoms with Gasteiger partial charge in [0.1, 0.15) is 17.4 Å². The highest BCUT2D eigenvalue weighted by Gasteiger charge is 2.39. The summed E-state index contributed by atoms with van der Waals surface area (Å²) in [6.07, 6.45) is 5.01. The smallest absolute Gasteiger partial charge is 0.255 e. The summed E-state index contributed by atoms with van der Waals surface area (Å²) < 4.78 is 4.04. The van der Waals surface area contributed by atoms with Gasteiger partial charge in [0.2, 0.25) is 17.7 Å². The van der Waals surface area contributed by atoms with E-state index in [9.17, 15) is 19.2 Å². The van der Waals surface area contributed by atoms with Crippen molar-refractivity contribution in [2.24, 2.45) is 7.05 Å². The molecule has 1 unspecified atom stereocenters. The molecule has 0 saturated carbocycles. The second-order valence-corrected chi connectivity index (χ2v) is 14.3. The summed E-state index contributed by atoms with van der Waals surface area (Å²) >= 11 is 0. The number of carbonyl (C=O) groups is 4. The number of hydrogen-bond acceptors (Lipinski definition) is 9. The van der Waals surface area contributed by atoms with Crippen LogP contribution in [0, 0.1) is 11.8 Å². The van der Waals surface area contributed by atoms with Gasteiger partial charge in [-0.1, -0.05) is 43.0 Å². The van der Waals surface area contributed by atoms with E-state index in [4.69, 9.17) is 15.0 Å². The van der Waals surface area contributed by atoms with E-state index in [-0.39, 0.29) is 37.2 Å². The number of nitrogens with zero attached hydrogens (tertiary/aromatic N) is 8. The monoisotopic (exact) mass is 746 g/mol. The minimum absolute atomic E-state index is 0.0644. The van der Waals surface area contributed by atoms with Crippen LogP contribution >= 0.6 is 0 Å². The molecule has 6 aromatic rings. The number of carbonyl (C=O) groups excluding carboxylic acids is 4. The molecule has 2 N–H and O–H groups in total. The fourth-order valence-corrected chi connectivity index (χ4v) is 8.10. The maximum absolute atomic E-state index is 13.2. The van der Waals surface area contributed by atoms with Crippen molar-refractivity contribution in [1.82, 2.24) is 44.4 Å². The van der Waals surface area contributed by atoms with Crippen molar-refractivity contribution in [2.45, 2.75) is 58.8 Å². The van der Waals surface area contributed by atoms with Crippen LogP contribution in [0.1, 0.15) is 59.7 Å². The van der Waals surface area contributed by atoms with E-state index in [1.807, 2.05) is 36.3 Å². The van der Waals surface area contributed by atoms with Crippen LogP contribution in [0.4, 0.5) is 5.82 Å². The Morgan fingerprint density at radius 3 is 2.68 bits per heavy atom. The maximum atomic E-state index is 13.2. The molecular weight excluding hydrogens is 709 g/mol. The first-order chi connectivity index (χ1) is 27.2. The third-order valence-corrected chi connectivity index (χ3v) is 11.0. The molecule has 14 nitrogen and oxygen atoms in total. The quantitative estimate of drug-likeness (QED) is 0.188. The lowest BCUT2D eigenvalue weighted by Crippen LogP contribution is -2.52. The van der Waals surface area contributed by atoms with E-state index in [0.717, 1.165) is 68.9 Å². The highest BCUT2D eigenvalue weighted by atomic mass is 16.2. The van der Waals surface area contributed by atoms with E-state index in [1.54, 1.807) is 29.9 Å². The van der Waals surface area contributed by atoms with Crippen molar-refractivity contribution in [3.05, 3.63) is 89.1 Å². The standard InChI is InChI=1S/C42H38N10O4/c1-4-36-46-38(35-23-50(24(2)53)16-17-51(35)36)28-11-6-9-26-18-32(44-21-30(26)28)27-19-34-39(45-20-27)40(48-49(34)3)43-15-7-10-25-8-5-12-29-31(25)22-52(42(29)56)33-13-14-37(54)47-41(33)55/h5-6,8-9,11-12,18-21,33H,4,13-17,22-23H2,1-3H3,(H,43,48)(H,47,54,55). The van der Waals surface area contributed by atoms with Crippen LogP contribution in [0.3, 0.4) is 0 Å². The molecular formula is C42H38N10O4. The van der Waals surface area contributed by atoms with Crippen LogP contribution in [0.5, 0.6) is 0 Å². The molecule has 1 fully saturated rings. The van der Waals surface area contributed by atoms with Gasteiger partial charge >= 0.3 is 0 Å². The molecule has 14 heteroatoms. The zero-order valence-electron chi connectivity index (χ0n) is 31.2. The molecule has 9 rings (SSSR count). The number of imide groups is 1. The Morgan fingerprint density at radius 2 is 1.86 bits per heavy atom. The number of amides is 4. The Hall–Kier alpha value is -6.88. The molecule has 56 heavy (non-hydrogen) atoms. The number of piperidine rings is 1. The van der Waals surface area contributed by atoms with Gasteiger partial charge < -0.3 is 19.7 Å². The fraction of sp³-hybridized carbons (Fsp3) is 0.286. The van der Waals surface area contributed by atoms with E-state index in [0.29, 0.717) is 42.0 Å². The lowest BCUT2D eigenvalue weighted by atomic mass is 10.0. The third-order valence-electron chi connectivity index (χ3n) is 11.0. The molecule has 0 bridgehead atoms. The van der Waals surface area contributed by atoms with Crippen molar-refractivity contribution < 1.29 is 19.2 Å².